The van der Waals surface area contributed by atoms with Crippen molar-refractivity contribution >= 4 is 22.5 Å². The van der Waals surface area contributed by atoms with Gasteiger partial charge in [0.25, 0.3) is 0 Å². The van der Waals surface area contributed by atoms with Crippen LogP contribution >= 0.6 is 11.6 Å². The number of benzene rings is 1. The second-order valence-corrected chi connectivity index (χ2v) is 13.8. The minimum Gasteiger partial charge on any atom is -0.393 e. The number of fused-ring (bicyclic) bond motifs is 6. The van der Waals surface area contributed by atoms with Crippen LogP contribution in [0, 0.1) is 46.3 Å². The number of aromatic nitrogens is 2. The molecule has 1 N–H and O–H groups in total. The highest BCUT2D eigenvalue weighted by Crippen LogP contribution is 2.68. The van der Waals surface area contributed by atoms with Gasteiger partial charge in [-0.3, -0.25) is 0 Å². The highest BCUT2D eigenvalue weighted by molar-refractivity contribution is 6.31. The van der Waals surface area contributed by atoms with Crippen LogP contribution in [0.15, 0.2) is 24.4 Å². The Balaban J connectivity index is 1.14. The van der Waals surface area contributed by atoms with Gasteiger partial charge >= 0.3 is 0 Å². The second kappa shape index (κ2) is 8.98. The summed E-state index contributed by atoms with van der Waals surface area (Å²) >= 11 is 6.13. The van der Waals surface area contributed by atoms with E-state index in [2.05, 4.69) is 25.8 Å². The summed E-state index contributed by atoms with van der Waals surface area (Å²) in [5.74, 6) is 5.97. The van der Waals surface area contributed by atoms with Crippen LogP contribution in [0.1, 0.15) is 90.8 Å². The lowest BCUT2D eigenvalue weighted by Gasteiger charge is -2.61. The van der Waals surface area contributed by atoms with E-state index in [9.17, 15) is 5.11 Å². The molecule has 1 aromatic carbocycles. The van der Waals surface area contributed by atoms with E-state index in [4.69, 9.17) is 16.6 Å². The highest BCUT2D eigenvalue weighted by Gasteiger charge is 2.60. The van der Waals surface area contributed by atoms with Gasteiger partial charge in [0.1, 0.15) is 5.82 Å². The lowest BCUT2D eigenvalue weighted by molar-refractivity contribution is -0.129. The number of aliphatic hydroxyl groups excluding tert-OH is 1. The molecular formula is C31H43ClN2O. The molecule has 2 aromatic rings. The maximum Gasteiger partial charge on any atom is 0.128 e. The Morgan fingerprint density at radius 3 is 2.69 bits per heavy atom. The average molecular weight is 495 g/mol. The minimum atomic E-state index is -0.0421. The van der Waals surface area contributed by atoms with Gasteiger partial charge in [0, 0.05) is 23.0 Å². The lowest BCUT2D eigenvalue weighted by Crippen LogP contribution is -2.54. The third-order valence-electron chi connectivity index (χ3n) is 11.8. The third-order valence-corrected chi connectivity index (χ3v) is 12.0. The molecule has 0 amide bonds. The second-order valence-electron chi connectivity index (χ2n) is 13.3. The first kappa shape index (κ1) is 24.2. The Morgan fingerprint density at radius 1 is 1.03 bits per heavy atom. The summed E-state index contributed by atoms with van der Waals surface area (Å²) in [6.45, 7) is 7.78. The number of hydrogen-bond donors (Lipinski definition) is 1. The van der Waals surface area contributed by atoms with Gasteiger partial charge < -0.3 is 5.11 Å². The molecule has 0 spiro atoms. The molecule has 4 saturated carbocycles. The van der Waals surface area contributed by atoms with Crippen LogP contribution in [-0.2, 0) is 6.42 Å². The molecule has 0 saturated heterocycles. The van der Waals surface area contributed by atoms with Crippen LogP contribution in [0.4, 0.5) is 0 Å². The first-order valence-corrected chi connectivity index (χ1v) is 14.7. The largest absolute Gasteiger partial charge is 0.393 e. The Bertz CT molecular complexity index is 1090. The van der Waals surface area contributed by atoms with Crippen molar-refractivity contribution in [1.29, 1.82) is 0 Å². The van der Waals surface area contributed by atoms with Crippen LogP contribution in [0.5, 0.6) is 0 Å². The van der Waals surface area contributed by atoms with E-state index < -0.39 is 0 Å². The van der Waals surface area contributed by atoms with Gasteiger partial charge in [-0.25, -0.2) is 9.97 Å². The monoisotopic (exact) mass is 494 g/mol. The van der Waals surface area contributed by atoms with Crippen molar-refractivity contribution in [2.45, 2.75) is 97.5 Å². The zero-order chi connectivity index (χ0) is 24.4. The molecule has 35 heavy (non-hydrogen) atoms. The van der Waals surface area contributed by atoms with Gasteiger partial charge in [-0.15, -0.1) is 0 Å². The summed E-state index contributed by atoms with van der Waals surface area (Å²) in [7, 11) is 0. The molecule has 4 aliphatic carbocycles. The van der Waals surface area contributed by atoms with E-state index in [0.717, 1.165) is 70.6 Å². The molecule has 4 aliphatic rings. The van der Waals surface area contributed by atoms with Gasteiger partial charge in [0.05, 0.1) is 11.6 Å². The van der Waals surface area contributed by atoms with Crippen LogP contribution in [0.25, 0.3) is 10.9 Å². The maximum absolute atomic E-state index is 10.3. The van der Waals surface area contributed by atoms with Gasteiger partial charge in [0.2, 0.25) is 0 Å². The Morgan fingerprint density at radius 2 is 1.83 bits per heavy atom. The van der Waals surface area contributed by atoms with Crippen LogP contribution in [-0.4, -0.2) is 21.2 Å². The minimum absolute atomic E-state index is 0.0421. The Labute approximate surface area is 216 Å². The zero-order valence-corrected chi connectivity index (χ0v) is 22.6. The molecule has 9 atom stereocenters. The van der Waals surface area contributed by atoms with Crippen molar-refractivity contribution in [3.05, 3.63) is 35.2 Å². The first-order valence-electron chi connectivity index (χ1n) is 14.4. The molecule has 0 aliphatic heterocycles. The van der Waals surface area contributed by atoms with Crippen molar-refractivity contribution in [2.75, 3.05) is 0 Å². The Kier molecular flexibility index (Phi) is 6.20. The molecule has 1 heterocycles. The van der Waals surface area contributed by atoms with Gasteiger partial charge in [-0.2, -0.15) is 0 Å². The topological polar surface area (TPSA) is 46.0 Å². The van der Waals surface area contributed by atoms with Crippen LogP contribution < -0.4 is 0 Å². The van der Waals surface area contributed by atoms with Crippen molar-refractivity contribution in [3.8, 4) is 0 Å². The predicted molar refractivity (Wildman–Crippen MR) is 143 cm³/mol. The van der Waals surface area contributed by atoms with Crippen molar-refractivity contribution in [2.24, 2.45) is 46.3 Å². The fourth-order valence-corrected chi connectivity index (χ4v) is 10.1. The number of nitrogens with zero attached hydrogens (tertiary/aromatic N) is 2. The quantitative estimate of drug-likeness (QED) is 0.470. The van der Waals surface area contributed by atoms with E-state index in [0.29, 0.717) is 16.7 Å². The molecule has 4 fully saturated rings. The predicted octanol–water partition coefficient (Wildman–Crippen LogP) is 7.87. The van der Waals surface area contributed by atoms with Crippen molar-refractivity contribution in [3.63, 3.8) is 0 Å². The third kappa shape index (κ3) is 4.04. The first-order chi connectivity index (χ1) is 16.8. The smallest absolute Gasteiger partial charge is 0.128 e. The standard InChI is InChI=1S/C31H43ClN2O/c1-19(4-11-29-33-18-20-16-22(32)6-10-28(20)34-29)25-8-9-26-24-7-5-21-17-23(35)12-14-30(21,2)27(24)13-15-31(25,26)3/h6,10,16,18-19,21,23-27,35H,4-5,7-9,11-15,17H2,1-3H3/t19-,21?,23-,24?,25?,26?,27?,30?,31?/m1/s1. The average Bonchev–Trinajstić information content (AvgIpc) is 3.20. The van der Waals surface area contributed by atoms with E-state index in [-0.39, 0.29) is 6.10 Å². The van der Waals surface area contributed by atoms with E-state index in [1.165, 1.54) is 51.4 Å². The number of aliphatic hydroxyl groups is 1. The van der Waals surface area contributed by atoms with Gasteiger partial charge in [-0.1, -0.05) is 32.4 Å². The SMILES string of the molecule is C[C@H](CCc1ncc2cc(Cl)ccc2n1)C1CCC2C3CCC4C[C@H](O)CCC4(C)C3CCC21C. The molecule has 0 bridgehead atoms. The number of hydrogen-bond acceptors (Lipinski definition) is 3. The normalized spacial score (nSPS) is 41.7. The molecule has 0 radical (unpaired) electrons. The number of aryl methyl sites for hydroxylation is 1. The van der Waals surface area contributed by atoms with Gasteiger partial charge in [-0.05, 0) is 129 Å². The van der Waals surface area contributed by atoms with Crippen molar-refractivity contribution < 1.29 is 5.11 Å². The summed E-state index contributed by atoms with van der Waals surface area (Å²) in [5, 5.41) is 12.1. The molecule has 3 nitrogen and oxygen atoms in total. The lowest BCUT2D eigenvalue weighted by atomic mass is 9.44. The fraction of sp³-hybridized carbons (Fsp3) is 0.742. The Hall–Kier alpha value is -1.19. The van der Waals surface area contributed by atoms with Crippen LogP contribution in [0.2, 0.25) is 5.02 Å². The van der Waals surface area contributed by atoms with E-state index in [1.54, 1.807) is 0 Å². The molecule has 1 aromatic heterocycles. The maximum atomic E-state index is 10.3. The fourth-order valence-electron chi connectivity index (χ4n) is 9.93. The van der Waals surface area contributed by atoms with Crippen LogP contribution in [0.3, 0.4) is 0 Å². The number of rotatable bonds is 4. The highest BCUT2D eigenvalue weighted by atomic mass is 35.5. The summed E-state index contributed by atoms with van der Waals surface area (Å²) < 4.78 is 0. The van der Waals surface area contributed by atoms with E-state index in [1.807, 2.05) is 24.4 Å². The summed E-state index contributed by atoms with van der Waals surface area (Å²) in [5.41, 5.74) is 1.97. The van der Waals surface area contributed by atoms with Crippen molar-refractivity contribution in [1.82, 2.24) is 9.97 Å². The number of halogens is 1. The van der Waals surface area contributed by atoms with E-state index >= 15 is 0 Å². The van der Waals surface area contributed by atoms with Gasteiger partial charge in [0.15, 0.2) is 0 Å². The summed E-state index contributed by atoms with van der Waals surface area (Å²) in [6, 6.07) is 5.88. The zero-order valence-electron chi connectivity index (χ0n) is 21.8. The summed E-state index contributed by atoms with van der Waals surface area (Å²) in [4.78, 5) is 9.49. The molecule has 190 valence electrons. The molecule has 6 rings (SSSR count). The molecule has 4 heteroatoms. The molecular weight excluding hydrogens is 452 g/mol. The molecule has 7 unspecified atom stereocenters. The summed E-state index contributed by atoms with van der Waals surface area (Å²) in [6.07, 6.45) is 15.8.